The SMILES string of the molecule is CCN[C@H](C)CNC(=O)c1cccc(OCC)c1. The van der Waals surface area contributed by atoms with Crippen molar-refractivity contribution in [1.29, 1.82) is 0 Å². The second-order valence-electron chi connectivity index (χ2n) is 4.13. The smallest absolute Gasteiger partial charge is 0.251 e. The van der Waals surface area contributed by atoms with Crippen LogP contribution >= 0.6 is 0 Å². The van der Waals surface area contributed by atoms with Crippen molar-refractivity contribution < 1.29 is 9.53 Å². The van der Waals surface area contributed by atoms with Crippen molar-refractivity contribution in [1.82, 2.24) is 10.6 Å². The summed E-state index contributed by atoms with van der Waals surface area (Å²) in [6.45, 7) is 8.13. The number of carbonyl (C=O) groups is 1. The van der Waals surface area contributed by atoms with Crippen LogP contribution in [0.25, 0.3) is 0 Å². The van der Waals surface area contributed by atoms with E-state index in [1.807, 2.05) is 32.9 Å². The van der Waals surface area contributed by atoms with E-state index in [0.717, 1.165) is 12.3 Å². The lowest BCUT2D eigenvalue weighted by atomic mass is 10.2. The highest BCUT2D eigenvalue weighted by molar-refractivity contribution is 5.94. The quantitative estimate of drug-likeness (QED) is 0.776. The molecule has 0 unspecified atom stereocenters. The molecule has 0 spiro atoms. The first kappa shape index (κ1) is 14.5. The van der Waals surface area contributed by atoms with Gasteiger partial charge in [0.2, 0.25) is 0 Å². The maximum absolute atomic E-state index is 11.9. The Bertz CT molecular complexity index is 380. The van der Waals surface area contributed by atoms with Crippen molar-refractivity contribution in [2.24, 2.45) is 0 Å². The van der Waals surface area contributed by atoms with Crippen LogP contribution < -0.4 is 15.4 Å². The predicted molar refractivity (Wildman–Crippen MR) is 73.1 cm³/mol. The molecule has 0 saturated heterocycles. The fraction of sp³-hybridized carbons (Fsp3) is 0.500. The minimum absolute atomic E-state index is 0.0682. The molecular weight excluding hydrogens is 228 g/mol. The maximum Gasteiger partial charge on any atom is 0.251 e. The standard InChI is InChI=1S/C14H22N2O2/c1-4-15-11(3)10-16-14(17)12-7-6-8-13(9-12)18-5-2/h6-9,11,15H,4-5,10H2,1-3H3,(H,16,17)/t11-/m1/s1. The van der Waals surface area contributed by atoms with Crippen LogP contribution in [0.2, 0.25) is 0 Å². The number of likely N-dealkylation sites (N-methyl/N-ethyl adjacent to an activating group) is 1. The summed E-state index contributed by atoms with van der Waals surface area (Å²) in [5.74, 6) is 0.659. The van der Waals surface area contributed by atoms with Crippen molar-refractivity contribution in [2.75, 3.05) is 19.7 Å². The van der Waals surface area contributed by atoms with Crippen LogP contribution in [-0.2, 0) is 0 Å². The zero-order chi connectivity index (χ0) is 13.4. The molecule has 4 nitrogen and oxygen atoms in total. The first-order valence-electron chi connectivity index (χ1n) is 6.41. The van der Waals surface area contributed by atoms with E-state index in [2.05, 4.69) is 10.6 Å². The summed E-state index contributed by atoms with van der Waals surface area (Å²) >= 11 is 0. The van der Waals surface area contributed by atoms with E-state index < -0.39 is 0 Å². The lowest BCUT2D eigenvalue weighted by Gasteiger charge is -2.13. The van der Waals surface area contributed by atoms with Crippen LogP contribution in [0, 0.1) is 0 Å². The molecule has 18 heavy (non-hydrogen) atoms. The molecule has 0 aliphatic carbocycles. The van der Waals surface area contributed by atoms with Gasteiger partial charge in [-0.2, -0.15) is 0 Å². The molecular formula is C14H22N2O2. The number of amides is 1. The lowest BCUT2D eigenvalue weighted by molar-refractivity contribution is 0.0950. The van der Waals surface area contributed by atoms with Gasteiger partial charge in [0.15, 0.2) is 0 Å². The topological polar surface area (TPSA) is 50.4 Å². The van der Waals surface area contributed by atoms with Gasteiger partial charge in [-0.3, -0.25) is 4.79 Å². The average Bonchev–Trinajstić information content (AvgIpc) is 2.37. The summed E-state index contributed by atoms with van der Waals surface area (Å²) in [6, 6.07) is 7.50. The summed E-state index contributed by atoms with van der Waals surface area (Å²) in [6.07, 6.45) is 0. The molecule has 0 fully saturated rings. The summed E-state index contributed by atoms with van der Waals surface area (Å²) in [4.78, 5) is 11.9. The summed E-state index contributed by atoms with van der Waals surface area (Å²) in [5.41, 5.74) is 0.629. The first-order chi connectivity index (χ1) is 8.67. The molecule has 0 aromatic heterocycles. The van der Waals surface area contributed by atoms with E-state index in [-0.39, 0.29) is 11.9 Å². The molecule has 0 aliphatic heterocycles. The Labute approximate surface area is 109 Å². The zero-order valence-corrected chi connectivity index (χ0v) is 11.3. The Kier molecular flexibility index (Phi) is 6.22. The van der Waals surface area contributed by atoms with Gasteiger partial charge in [0.1, 0.15) is 5.75 Å². The van der Waals surface area contributed by atoms with E-state index in [9.17, 15) is 4.79 Å². The minimum Gasteiger partial charge on any atom is -0.494 e. The number of rotatable bonds is 7. The number of nitrogens with one attached hydrogen (secondary N) is 2. The van der Waals surface area contributed by atoms with Crippen LogP contribution in [-0.4, -0.2) is 31.6 Å². The van der Waals surface area contributed by atoms with E-state index in [0.29, 0.717) is 18.7 Å². The molecule has 2 N–H and O–H groups in total. The second-order valence-corrected chi connectivity index (χ2v) is 4.13. The molecule has 1 atom stereocenters. The van der Waals surface area contributed by atoms with Gasteiger partial charge in [-0.15, -0.1) is 0 Å². The predicted octanol–water partition coefficient (Wildman–Crippen LogP) is 1.81. The number of hydrogen-bond acceptors (Lipinski definition) is 3. The third-order valence-corrected chi connectivity index (χ3v) is 2.53. The van der Waals surface area contributed by atoms with Gasteiger partial charge in [-0.05, 0) is 38.6 Å². The van der Waals surface area contributed by atoms with E-state index >= 15 is 0 Å². The molecule has 0 heterocycles. The Hall–Kier alpha value is -1.55. The molecule has 0 saturated carbocycles. The maximum atomic E-state index is 11.9. The Balaban J connectivity index is 2.53. The van der Waals surface area contributed by atoms with Crippen LogP contribution in [0.5, 0.6) is 5.75 Å². The van der Waals surface area contributed by atoms with E-state index in [4.69, 9.17) is 4.74 Å². The van der Waals surface area contributed by atoms with Gasteiger partial charge in [0.05, 0.1) is 6.61 Å². The van der Waals surface area contributed by atoms with Crippen molar-refractivity contribution in [3.63, 3.8) is 0 Å². The number of benzene rings is 1. The monoisotopic (exact) mass is 250 g/mol. The zero-order valence-electron chi connectivity index (χ0n) is 11.3. The Morgan fingerprint density at radius 1 is 1.39 bits per heavy atom. The Morgan fingerprint density at radius 2 is 2.17 bits per heavy atom. The van der Waals surface area contributed by atoms with Crippen LogP contribution in [0.1, 0.15) is 31.1 Å². The van der Waals surface area contributed by atoms with Crippen LogP contribution in [0.3, 0.4) is 0 Å². The molecule has 1 amide bonds. The summed E-state index contributed by atoms with van der Waals surface area (Å²) < 4.78 is 5.37. The third-order valence-electron chi connectivity index (χ3n) is 2.53. The number of carbonyl (C=O) groups excluding carboxylic acids is 1. The van der Waals surface area contributed by atoms with Gasteiger partial charge < -0.3 is 15.4 Å². The molecule has 4 heteroatoms. The van der Waals surface area contributed by atoms with Gasteiger partial charge in [-0.1, -0.05) is 13.0 Å². The largest absolute Gasteiger partial charge is 0.494 e. The van der Waals surface area contributed by atoms with Crippen molar-refractivity contribution in [3.8, 4) is 5.75 Å². The highest BCUT2D eigenvalue weighted by Gasteiger charge is 2.07. The summed E-state index contributed by atoms with van der Waals surface area (Å²) in [5, 5.41) is 6.14. The normalized spacial score (nSPS) is 11.9. The third kappa shape index (κ3) is 4.75. The fourth-order valence-electron chi connectivity index (χ4n) is 1.66. The van der Waals surface area contributed by atoms with Crippen molar-refractivity contribution in [3.05, 3.63) is 29.8 Å². The molecule has 1 rings (SSSR count). The summed E-state index contributed by atoms with van der Waals surface area (Å²) in [7, 11) is 0. The molecule has 0 bridgehead atoms. The first-order valence-corrected chi connectivity index (χ1v) is 6.41. The van der Waals surface area contributed by atoms with Crippen molar-refractivity contribution in [2.45, 2.75) is 26.8 Å². The number of ether oxygens (including phenoxy) is 1. The highest BCUT2D eigenvalue weighted by Crippen LogP contribution is 2.12. The molecule has 0 aliphatic rings. The van der Waals surface area contributed by atoms with Crippen molar-refractivity contribution >= 4 is 5.91 Å². The molecule has 1 aromatic rings. The minimum atomic E-state index is -0.0682. The van der Waals surface area contributed by atoms with Gasteiger partial charge >= 0.3 is 0 Å². The second kappa shape index (κ2) is 7.71. The highest BCUT2D eigenvalue weighted by atomic mass is 16.5. The van der Waals surface area contributed by atoms with Gasteiger partial charge in [0.25, 0.3) is 5.91 Å². The van der Waals surface area contributed by atoms with Crippen LogP contribution in [0.15, 0.2) is 24.3 Å². The molecule has 1 aromatic carbocycles. The molecule has 100 valence electrons. The van der Waals surface area contributed by atoms with E-state index in [1.54, 1.807) is 12.1 Å². The van der Waals surface area contributed by atoms with E-state index in [1.165, 1.54) is 0 Å². The van der Waals surface area contributed by atoms with Crippen LogP contribution in [0.4, 0.5) is 0 Å². The number of hydrogen-bond donors (Lipinski definition) is 2. The molecule has 0 radical (unpaired) electrons. The van der Waals surface area contributed by atoms with Gasteiger partial charge in [0, 0.05) is 18.2 Å². The lowest BCUT2D eigenvalue weighted by Crippen LogP contribution is -2.38. The van der Waals surface area contributed by atoms with Gasteiger partial charge in [-0.25, -0.2) is 0 Å². The average molecular weight is 250 g/mol. The fourth-order valence-corrected chi connectivity index (χ4v) is 1.66. The Morgan fingerprint density at radius 3 is 2.83 bits per heavy atom.